The number of likely N-dealkylation sites (tertiary alicyclic amines) is 1. The van der Waals surface area contributed by atoms with Crippen molar-refractivity contribution in [2.24, 2.45) is 0 Å². The van der Waals surface area contributed by atoms with Crippen LogP contribution in [0.4, 0.5) is 0 Å². The second kappa shape index (κ2) is 4.35. The summed E-state index contributed by atoms with van der Waals surface area (Å²) in [5.74, 6) is -1.47. The highest BCUT2D eigenvalue weighted by atomic mass is 16.4. The molecule has 2 aliphatic rings. The van der Waals surface area contributed by atoms with Gasteiger partial charge in [-0.1, -0.05) is 6.92 Å². The van der Waals surface area contributed by atoms with E-state index in [1.807, 2.05) is 0 Å². The topological polar surface area (TPSA) is 86.7 Å². The van der Waals surface area contributed by atoms with Gasteiger partial charge in [-0.25, -0.2) is 0 Å². The number of nitrogens with zero attached hydrogens (tertiary/aromatic N) is 1. The Bertz CT molecular complexity index is 405. The zero-order chi connectivity index (χ0) is 13.5. The number of carboxylic acids is 1. The van der Waals surface area contributed by atoms with Crippen LogP contribution >= 0.6 is 0 Å². The molecule has 0 bridgehead atoms. The number of amides is 2. The molecule has 1 saturated heterocycles. The molecule has 2 N–H and O–H groups in total. The van der Waals surface area contributed by atoms with Crippen molar-refractivity contribution in [3.8, 4) is 0 Å². The summed E-state index contributed by atoms with van der Waals surface area (Å²) in [6.07, 6.45) is 2.16. The number of carboxylic acid groups (broad SMARTS) is 1. The Hall–Kier alpha value is -1.43. The van der Waals surface area contributed by atoms with Crippen LogP contribution in [0, 0.1) is 0 Å². The van der Waals surface area contributed by atoms with E-state index in [9.17, 15) is 14.4 Å². The highest BCUT2D eigenvalue weighted by Gasteiger charge is 2.48. The molecule has 18 heavy (non-hydrogen) atoms. The average Bonchev–Trinajstić information content (AvgIpc) is 3.08. The van der Waals surface area contributed by atoms with Crippen molar-refractivity contribution in [3.05, 3.63) is 0 Å². The van der Waals surface area contributed by atoms with Crippen LogP contribution < -0.4 is 5.32 Å². The third kappa shape index (κ3) is 2.12. The number of hydrogen-bond acceptors (Lipinski definition) is 4. The van der Waals surface area contributed by atoms with Crippen LogP contribution in [0.2, 0.25) is 0 Å². The minimum absolute atomic E-state index is 0.0505. The normalized spacial score (nSPS) is 27.4. The van der Waals surface area contributed by atoms with Gasteiger partial charge in [0.05, 0.1) is 12.5 Å². The molecule has 100 valence electrons. The molecule has 2 rings (SSSR count). The summed E-state index contributed by atoms with van der Waals surface area (Å²) in [7, 11) is 0. The van der Waals surface area contributed by atoms with Crippen LogP contribution in [-0.4, -0.2) is 45.4 Å². The SMILES string of the molecule is CCC(C)(NC1CC(=O)N(C2CC2)C1=O)C(=O)O. The van der Waals surface area contributed by atoms with Crippen LogP contribution in [0.25, 0.3) is 0 Å². The Labute approximate surface area is 105 Å². The third-order valence-electron chi connectivity index (χ3n) is 3.77. The summed E-state index contributed by atoms with van der Waals surface area (Å²) in [6, 6.07) is -0.645. The van der Waals surface area contributed by atoms with E-state index in [0.29, 0.717) is 6.42 Å². The lowest BCUT2D eigenvalue weighted by molar-refractivity contribution is -0.145. The van der Waals surface area contributed by atoms with E-state index >= 15 is 0 Å². The molecule has 0 radical (unpaired) electrons. The van der Waals surface area contributed by atoms with Gasteiger partial charge < -0.3 is 5.11 Å². The quantitative estimate of drug-likeness (QED) is 0.680. The van der Waals surface area contributed by atoms with Gasteiger partial charge in [-0.2, -0.15) is 0 Å². The molecule has 1 aliphatic heterocycles. The molecule has 2 fully saturated rings. The van der Waals surface area contributed by atoms with E-state index in [0.717, 1.165) is 12.8 Å². The van der Waals surface area contributed by atoms with Gasteiger partial charge in [0, 0.05) is 6.04 Å². The van der Waals surface area contributed by atoms with Crippen molar-refractivity contribution in [1.29, 1.82) is 0 Å². The predicted octanol–water partition coefficient (Wildman–Crippen LogP) is 0.119. The fourth-order valence-corrected chi connectivity index (χ4v) is 2.18. The summed E-state index contributed by atoms with van der Waals surface area (Å²) in [4.78, 5) is 36.3. The molecule has 1 saturated carbocycles. The molecule has 2 unspecified atom stereocenters. The van der Waals surface area contributed by atoms with Gasteiger partial charge in [-0.05, 0) is 26.2 Å². The number of carbonyl (C=O) groups excluding carboxylic acids is 2. The molecule has 1 aliphatic carbocycles. The highest BCUT2D eigenvalue weighted by Crippen LogP contribution is 2.32. The second-order valence-corrected chi connectivity index (χ2v) is 5.23. The van der Waals surface area contributed by atoms with Crippen molar-refractivity contribution >= 4 is 17.8 Å². The van der Waals surface area contributed by atoms with Gasteiger partial charge in [0.25, 0.3) is 0 Å². The summed E-state index contributed by atoms with van der Waals surface area (Å²) in [5.41, 5.74) is -1.17. The molecule has 2 atom stereocenters. The Morgan fingerprint density at radius 3 is 2.56 bits per heavy atom. The molecule has 6 nitrogen and oxygen atoms in total. The van der Waals surface area contributed by atoms with Gasteiger partial charge in [-0.15, -0.1) is 0 Å². The Morgan fingerprint density at radius 1 is 1.50 bits per heavy atom. The van der Waals surface area contributed by atoms with Gasteiger partial charge in [0.15, 0.2) is 0 Å². The molecule has 6 heteroatoms. The second-order valence-electron chi connectivity index (χ2n) is 5.23. The Balaban J connectivity index is 2.09. The molecular weight excluding hydrogens is 236 g/mol. The van der Waals surface area contributed by atoms with Crippen molar-refractivity contribution in [1.82, 2.24) is 10.2 Å². The average molecular weight is 254 g/mol. The van der Waals surface area contributed by atoms with E-state index in [4.69, 9.17) is 5.11 Å². The summed E-state index contributed by atoms with van der Waals surface area (Å²) in [5, 5.41) is 12.0. The first-order chi connectivity index (χ1) is 8.39. The predicted molar refractivity (Wildman–Crippen MR) is 62.7 cm³/mol. The minimum atomic E-state index is -1.17. The number of aliphatic carboxylic acids is 1. The van der Waals surface area contributed by atoms with Gasteiger partial charge in [0.2, 0.25) is 11.8 Å². The monoisotopic (exact) mass is 254 g/mol. The number of rotatable bonds is 5. The zero-order valence-corrected chi connectivity index (χ0v) is 10.6. The van der Waals surface area contributed by atoms with Crippen molar-refractivity contribution in [2.75, 3.05) is 0 Å². The molecule has 0 aromatic carbocycles. The largest absolute Gasteiger partial charge is 0.480 e. The third-order valence-corrected chi connectivity index (χ3v) is 3.77. The lowest BCUT2D eigenvalue weighted by atomic mass is 9.97. The first-order valence-electron chi connectivity index (χ1n) is 6.26. The maximum Gasteiger partial charge on any atom is 0.323 e. The molecule has 2 amide bonds. The highest BCUT2D eigenvalue weighted by molar-refractivity contribution is 6.06. The minimum Gasteiger partial charge on any atom is -0.480 e. The number of imide groups is 1. The zero-order valence-electron chi connectivity index (χ0n) is 10.6. The van der Waals surface area contributed by atoms with Crippen LogP contribution in [0.5, 0.6) is 0 Å². The number of hydrogen-bond donors (Lipinski definition) is 2. The first-order valence-corrected chi connectivity index (χ1v) is 6.26. The van der Waals surface area contributed by atoms with Crippen LogP contribution in [0.1, 0.15) is 39.5 Å². The standard InChI is InChI=1S/C12H18N2O4/c1-3-12(2,11(17)18)13-8-6-9(15)14(10(8)16)7-4-5-7/h7-8,13H,3-6H2,1-2H3,(H,17,18). The fraction of sp³-hybridized carbons (Fsp3) is 0.750. The van der Waals surface area contributed by atoms with Crippen LogP contribution in [-0.2, 0) is 14.4 Å². The van der Waals surface area contributed by atoms with E-state index in [1.165, 1.54) is 11.8 Å². The summed E-state index contributed by atoms with van der Waals surface area (Å²) >= 11 is 0. The Kier molecular flexibility index (Phi) is 3.14. The van der Waals surface area contributed by atoms with Crippen molar-refractivity contribution in [3.63, 3.8) is 0 Å². The van der Waals surface area contributed by atoms with E-state index in [-0.39, 0.29) is 24.3 Å². The summed E-state index contributed by atoms with van der Waals surface area (Å²) < 4.78 is 0. The summed E-state index contributed by atoms with van der Waals surface area (Å²) in [6.45, 7) is 3.27. The lowest BCUT2D eigenvalue weighted by Gasteiger charge is -2.27. The lowest BCUT2D eigenvalue weighted by Crippen LogP contribution is -2.55. The van der Waals surface area contributed by atoms with Crippen molar-refractivity contribution < 1.29 is 19.5 Å². The smallest absolute Gasteiger partial charge is 0.323 e. The first kappa shape index (κ1) is 13.0. The van der Waals surface area contributed by atoms with Crippen LogP contribution in [0.3, 0.4) is 0 Å². The van der Waals surface area contributed by atoms with Crippen LogP contribution in [0.15, 0.2) is 0 Å². The molecule has 1 heterocycles. The Morgan fingerprint density at radius 2 is 2.11 bits per heavy atom. The number of nitrogens with one attached hydrogen (secondary N) is 1. The van der Waals surface area contributed by atoms with Crippen molar-refractivity contribution in [2.45, 2.75) is 57.2 Å². The van der Waals surface area contributed by atoms with E-state index < -0.39 is 17.6 Å². The van der Waals surface area contributed by atoms with Gasteiger partial charge in [-0.3, -0.25) is 24.6 Å². The number of carbonyl (C=O) groups is 3. The van der Waals surface area contributed by atoms with Gasteiger partial charge in [0.1, 0.15) is 5.54 Å². The van der Waals surface area contributed by atoms with E-state index in [2.05, 4.69) is 5.32 Å². The van der Waals surface area contributed by atoms with Gasteiger partial charge >= 0.3 is 5.97 Å². The maximum atomic E-state index is 12.1. The molecule has 0 spiro atoms. The molecule has 0 aromatic heterocycles. The maximum absolute atomic E-state index is 12.1. The molecule has 0 aromatic rings. The fourth-order valence-electron chi connectivity index (χ4n) is 2.18. The van der Waals surface area contributed by atoms with E-state index in [1.54, 1.807) is 6.92 Å². The molecular formula is C12H18N2O4.